The summed E-state index contributed by atoms with van der Waals surface area (Å²) in [6.45, 7) is 5.70. The third kappa shape index (κ3) is 3.23. The third-order valence-corrected chi connectivity index (χ3v) is 5.68. The lowest BCUT2D eigenvalue weighted by atomic mass is 9.99. The molecule has 0 spiro atoms. The van der Waals surface area contributed by atoms with Crippen LogP contribution in [-0.2, 0) is 6.54 Å². The van der Waals surface area contributed by atoms with E-state index in [-0.39, 0.29) is 11.9 Å². The highest BCUT2D eigenvalue weighted by molar-refractivity contribution is 7.80. The monoisotopic (exact) mass is 379 g/mol. The highest BCUT2D eigenvalue weighted by Crippen LogP contribution is 2.34. The van der Waals surface area contributed by atoms with Gasteiger partial charge in [-0.25, -0.2) is 4.39 Å². The molecule has 27 heavy (non-hydrogen) atoms. The normalized spacial score (nSPS) is 16.1. The van der Waals surface area contributed by atoms with Crippen LogP contribution in [0.25, 0.3) is 0 Å². The minimum absolute atomic E-state index is 0.211. The molecule has 1 aliphatic heterocycles. The Bertz CT molecular complexity index is 995. The fourth-order valence-electron chi connectivity index (χ4n) is 3.70. The molecule has 0 unspecified atom stereocenters. The van der Waals surface area contributed by atoms with Crippen molar-refractivity contribution < 1.29 is 4.39 Å². The van der Waals surface area contributed by atoms with E-state index in [0.29, 0.717) is 10.7 Å². The summed E-state index contributed by atoms with van der Waals surface area (Å²) in [5.41, 5.74) is 5.07. The van der Waals surface area contributed by atoms with E-state index in [4.69, 9.17) is 12.2 Å². The van der Waals surface area contributed by atoms with Crippen molar-refractivity contribution in [1.29, 1.82) is 0 Å². The van der Waals surface area contributed by atoms with Crippen molar-refractivity contribution in [2.75, 3.05) is 11.9 Å². The smallest absolute Gasteiger partial charge is 0.174 e. The molecular weight excluding hydrogens is 357 g/mol. The summed E-state index contributed by atoms with van der Waals surface area (Å²) in [7, 11) is 0. The van der Waals surface area contributed by atoms with Crippen LogP contribution < -0.4 is 5.32 Å². The molecule has 0 bridgehead atoms. The van der Waals surface area contributed by atoms with Gasteiger partial charge in [-0.15, -0.1) is 0 Å². The summed E-state index contributed by atoms with van der Waals surface area (Å²) >= 11 is 5.77. The second-order valence-corrected chi connectivity index (χ2v) is 7.31. The first-order valence-corrected chi connectivity index (χ1v) is 9.50. The van der Waals surface area contributed by atoms with Gasteiger partial charge in [-0.2, -0.15) is 0 Å². The zero-order chi connectivity index (χ0) is 19.0. The first-order valence-electron chi connectivity index (χ1n) is 9.09. The summed E-state index contributed by atoms with van der Waals surface area (Å²) in [5.74, 6) is -0.211. The van der Waals surface area contributed by atoms with E-state index in [9.17, 15) is 4.39 Å². The zero-order valence-corrected chi connectivity index (χ0v) is 16.3. The van der Waals surface area contributed by atoms with E-state index in [1.54, 1.807) is 6.07 Å². The first-order chi connectivity index (χ1) is 13.1. The average molecular weight is 380 g/mol. The summed E-state index contributed by atoms with van der Waals surface area (Å²) < 4.78 is 16.8. The van der Waals surface area contributed by atoms with Crippen LogP contribution in [0.2, 0.25) is 0 Å². The molecule has 0 fully saturated rings. The number of hydrogen-bond donors (Lipinski definition) is 1. The van der Waals surface area contributed by atoms with Gasteiger partial charge < -0.3 is 14.8 Å². The largest absolute Gasteiger partial charge is 0.348 e. The van der Waals surface area contributed by atoms with Crippen molar-refractivity contribution in [1.82, 2.24) is 9.47 Å². The van der Waals surface area contributed by atoms with Crippen LogP contribution >= 0.6 is 12.2 Å². The summed E-state index contributed by atoms with van der Waals surface area (Å²) in [4.78, 5) is 2.09. The van der Waals surface area contributed by atoms with Crippen LogP contribution in [0, 0.1) is 19.7 Å². The Hall–Kier alpha value is -2.66. The van der Waals surface area contributed by atoms with E-state index < -0.39 is 0 Å². The van der Waals surface area contributed by atoms with Gasteiger partial charge in [-0.05, 0) is 61.5 Å². The van der Waals surface area contributed by atoms with Gasteiger partial charge in [0.25, 0.3) is 0 Å². The number of anilines is 1. The van der Waals surface area contributed by atoms with E-state index >= 15 is 0 Å². The molecule has 2 heterocycles. The van der Waals surface area contributed by atoms with Gasteiger partial charge in [-0.3, -0.25) is 0 Å². The molecule has 5 heteroatoms. The quantitative estimate of drug-likeness (QED) is 0.630. The van der Waals surface area contributed by atoms with Gasteiger partial charge in [0.05, 0.1) is 6.04 Å². The van der Waals surface area contributed by atoms with E-state index in [1.165, 1.54) is 17.2 Å². The van der Waals surface area contributed by atoms with Crippen molar-refractivity contribution in [2.45, 2.75) is 26.4 Å². The molecule has 0 saturated heterocycles. The number of halogens is 1. The van der Waals surface area contributed by atoms with Gasteiger partial charge >= 0.3 is 0 Å². The molecule has 0 saturated carbocycles. The van der Waals surface area contributed by atoms with Gasteiger partial charge in [0.15, 0.2) is 5.11 Å². The molecule has 3 aromatic rings. The third-order valence-electron chi connectivity index (χ3n) is 5.35. The minimum atomic E-state index is -0.250. The van der Waals surface area contributed by atoms with Crippen LogP contribution in [0.4, 0.5) is 10.1 Å². The number of thiocarbonyl (C=S) groups is 1. The molecule has 3 nitrogen and oxygen atoms in total. The number of fused-ring (bicyclic) bond motifs is 1. The molecule has 2 aromatic carbocycles. The lowest BCUT2D eigenvalue weighted by Gasteiger charge is -2.39. The second kappa shape index (κ2) is 7.16. The summed E-state index contributed by atoms with van der Waals surface area (Å²) in [6, 6.07) is 16.9. The molecule has 138 valence electrons. The van der Waals surface area contributed by atoms with E-state index in [1.807, 2.05) is 42.6 Å². The molecule has 1 aromatic heterocycles. The van der Waals surface area contributed by atoms with E-state index in [0.717, 1.165) is 24.5 Å². The Morgan fingerprint density at radius 1 is 1.04 bits per heavy atom. The van der Waals surface area contributed by atoms with Crippen LogP contribution in [0.5, 0.6) is 0 Å². The maximum atomic E-state index is 14.7. The van der Waals surface area contributed by atoms with E-state index in [2.05, 4.69) is 34.7 Å². The number of aryl methyl sites for hydroxylation is 1. The summed E-state index contributed by atoms with van der Waals surface area (Å²) in [6.07, 6.45) is 2.04. The Morgan fingerprint density at radius 2 is 1.85 bits per heavy atom. The number of nitrogens with zero attached hydrogens (tertiary/aromatic N) is 2. The van der Waals surface area contributed by atoms with Crippen molar-refractivity contribution in [2.24, 2.45) is 0 Å². The average Bonchev–Trinajstić information content (AvgIpc) is 3.14. The van der Waals surface area contributed by atoms with Gasteiger partial charge in [0, 0.05) is 36.2 Å². The number of hydrogen-bond acceptors (Lipinski definition) is 1. The Kier molecular flexibility index (Phi) is 4.70. The van der Waals surface area contributed by atoms with Crippen molar-refractivity contribution >= 4 is 23.0 Å². The van der Waals surface area contributed by atoms with Crippen LogP contribution in [0.3, 0.4) is 0 Å². The lowest BCUT2D eigenvalue weighted by molar-refractivity contribution is 0.288. The predicted octanol–water partition coefficient (Wildman–Crippen LogP) is 5.05. The number of aromatic nitrogens is 1. The lowest BCUT2D eigenvalue weighted by Crippen LogP contribution is -2.44. The van der Waals surface area contributed by atoms with Crippen LogP contribution in [0.1, 0.15) is 28.4 Å². The van der Waals surface area contributed by atoms with Crippen LogP contribution in [0.15, 0.2) is 60.8 Å². The maximum Gasteiger partial charge on any atom is 0.174 e. The number of benzene rings is 2. The fraction of sp³-hybridized carbons (Fsp3) is 0.227. The second-order valence-electron chi connectivity index (χ2n) is 6.92. The van der Waals surface area contributed by atoms with Crippen LogP contribution in [-0.4, -0.2) is 21.1 Å². The molecule has 1 N–H and O–H groups in total. The van der Waals surface area contributed by atoms with Gasteiger partial charge in [-0.1, -0.05) is 30.3 Å². The Balaban J connectivity index is 1.71. The summed E-state index contributed by atoms with van der Waals surface area (Å²) in [5, 5.41) is 4.00. The van der Waals surface area contributed by atoms with Crippen molar-refractivity contribution in [3.05, 3.63) is 89.0 Å². The first kappa shape index (κ1) is 17.7. The maximum absolute atomic E-state index is 14.7. The molecular formula is C22H22FN3S. The highest BCUT2D eigenvalue weighted by atomic mass is 32.1. The Morgan fingerprint density at radius 3 is 2.67 bits per heavy atom. The topological polar surface area (TPSA) is 20.2 Å². The number of rotatable bonds is 2. The number of nitrogens with one attached hydrogen (secondary N) is 1. The molecule has 4 rings (SSSR count). The van der Waals surface area contributed by atoms with Crippen molar-refractivity contribution in [3.63, 3.8) is 0 Å². The predicted molar refractivity (Wildman–Crippen MR) is 112 cm³/mol. The van der Waals surface area contributed by atoms with Crippen molar-refractivity contribution in [3.8, 4) is 0 Å². The SMILES string of the molecule is Cc1cccc(NC(=S)N2CCn3cccc3[C@H]2c2ccccc2F)c1C. The molecule has 1 atom stereocenters. The zero-order valence-electron chi connectivity index (χ0n) is 15.4. The minimum Gasteiger partial charge on any atom is -0.348 e. The standard InChI is InChI=1S/C22H22FN3S/c1-15-7-5-10-19(16(15)2)24-22(27)26-14-13-25-12-6-11-20(25)21(26)17-8-3-4-9-18(17)23/h3-12,21H,13-14H2,1-2H3,(H,24,27)/t21-/m1/s1. The van der Waals surface area contributed by atoms with Gasteiger partial charge in [0.1, 0.15) is 5.82 Å². The van der Waals surface area contributed by atoms with Gasteiger partial charge in [0.2, 0.25) is 0 Å². The Labute approximate surface area is 164 Å². The molecule has 0 aliphatic carbocycles. The highest BCUT2D eigenvalue weighted by Gasteiger charge is 2.32. The molecule has 0 amide bonds. The molecule has 1 aliphatic rings. The fourth-order valence-corrected chi connectivity index (χ4v) is 4.01. The molecule has 0 radical (unpaired) electrons.